The zero-order valence-electron chi connectivity index (χ0n) is 13.0. The van der Waals surface area contributed by atoms with Gasteiger partial charge in [0.1, 0.15) is 0 Å². The standard InChI is InChI=1S/C18H26N2O/c1-19(13-14-20-11-5-6-12-20)16-18-10-3-2-8-17(18)9-4-7-15-21/h2-3,8,10,21H,5-7,11-16H2,1H3. The van der Waals surface area contributed by atoms with Crippen molar-refractivity contribution < 1.29 is 5.11 Å². The van der Waals surface area contributed by atoms with E-state index in [1.165, 1.54) is 31.5 Å². The monoisotopic (exact) mass is 286 g/mol. The van der Waals surface area contributed by atoms with Crippen LogP contribution in [0.5, 0.6) is 0 Å². The summed E-state index contributed by atoms with van der Waals surface area (Å²) in [5.41, 5.74) is 2.35. The average molecular weight is 286 g/mol. The van der Waals surface area contributed by atoms with Gasteiger partial charge in [-0.15, -0.1) is 0 Å². The van der Waals surface area contributed by atoms with Gasteiger partial charge >= 0.3 is 0 Å². The van der Waals surface area contributed by atoms with E-state index < -0.39 is 0 Å². The van der Waals surface area contributed by atoms with Gasteiger partial charge in [0.25, 0.3) is 0 Å². The summed E-state index contributed by atoms with van der Waals surface area (Å²) in [6.45, 7) is 5.84. The van der Waals surface area contributed by atoms with Gasteiger partial charge in [-0.2, -0.15) is 0 Å². The number of likely N-dealkylation sites (tertiary alicyclic amines) is 1. The first kappa shape index (κ1) is 16.0. The fourth-order valence-electron chi connectivity index (χ4n) is 2.68. The fraction of sp³-hybridized carbons (Fsp3) is 0.556. The molecule has 21 heavy (non-hydrogen) atoms. The molecular weight excluding hydrogens is 260 g/mol. The SMILES string of the molecule is CN(CCN1CCCC1)Cc1ccccc1C#CCCO. The van der Waals surface area contributed by atoms with Gasteiger partial charge in [0.15, 0.2) is 0 Å². The first-order valence-electron chi connectivity index (χ1n) is 7.88. The van der Waals surface area contributed by atoms with Gasteiger partial charge in [0, 0.05) is 31.6 Å². The first-order valence-corrected chi connectivity index (χ1v) is 7.88. The molecule has 0 amide bonds. The molecule has 3 heteroatoms. The maximum atomic E-state index is 8.82. The molecule has 0 spiro atoms. The van der Waals surface area contributed by atoms with Crippen molar-refractivity contribution in [2.75, 3.05) is 39.8 Å². The van der Waals surface area contributed by atoms with Gasteiger partial charge < -0.3 is 14.9 Å². The summed E-state index contributed by atoms with van der Waals surface area (Å²) < 4.78 is 0. The van der Waals surface area contributed by atoms with Crippen molar-refractivity contribution in [2.45, 2.75) is 25.8 Å². The van der Waals surface area contributed by atoms with Gasteiger partial charge in [-0.05, 0) is 44.6 Å². The van der Waals surface area contributed by atoms with E-state index in [2.05, 4.69) is 46.9 Å². The summed E-state index contributed by atoms with van der Waals surface area (Å²) in [6.07, 6.45) is 3.25. The van der Waals surface area contributed by atoms with E-state index >= 15 is 0 Å². The van der Waals surface area contributed by atoms with Crippen molar-refractivity contribution in [1.82, 2.24) is 9.80 Å². The highest BCUT2D eigenvalue weighted by molar-refractivity contribution is 5.41. The summed E-state index contributed by atoms with van der Waals surface area (Å²) in [6, 6.07) is 8.31. The normalized spacial score (nSPS) is 15.2. The molecule has 1 aromatic rings. The van der Waals surface area contributed by atoms with E-state index in [-0.39, 0.29) is 6.61 Å². The molecule has 1 fully saturated rings. The van der Waals surface area contributed by atoms with Crippen LogP contribution in [0.4, 0.5) is 0 Å². The van der Waals surface area contributed by atoms with E-state index in [0.717, 1.165) is 25.2 Å². The van der Waals surface area contributed by atoms with Crippen molar-refractivity contribution in [2.24, 2.45) is 0 Å². The quantitative estimate of drug-likeness (QED) is 0.810. The molecule has 0 bridgehead atoms. The molecule has 1 aromatic carbocycles. The smallest absolute Gasteiger partial charge is 0.0540 e. The lowest BCUT2D eigenvalue weighted by molar-refractivity contribution is 0.252. The molecule has 3 nitrogen and oxygen atoms in total. The molecule has 0 aliphatic carbocycles. The fourth-order valence-corrected chi connectivity index (χ4v) is 2.68. The number of aliphatic hydroxyl groups is 1. The van der Waals surface area contributed by atoms with Gasteiger partial charge in [-0.1, -0.05) is 30.0 Å². The van der Waals surface area contributed by atoms with E-state index in [0.29, 0.717) is 6.42 Å². The maximum absolute atomic E-state index is 8.82. The lowest BCUT2D eigenvalue weighted by atomic mass is 10.1. The second kappa shape index (κ2) is 8.84. The second-order valence-corrected chi connectivity index (χ2v) is 5.72. The lowest BCUT2D eigenvalue weighted by Crippen LogP contribution is -2.31. The summed E-state index contributed by atoms with van der Waals surface area (Å²) >= 11 is 0. The Morgan fingerprint density at radius 1 is 1.24 bits per heavy atom. The predicted molar refractivity (Wildman–Crippen MR) is 87.0 cm³/mol. The molecule has 1 heterocycles. The maximum Gasteiger partial charge on any atom is 0.0540 e. The topological polar surface area (TPSA) is 26.7 Å². The van der Waals surface area contributed by atoms with Crippen LogP contribution in [0.1, 0.15) is 30.4 Å². The van der Waals surface area contributed by atoms with Crippen molar-refractivity contribution in [3.63, 3.8) is 0 Å². The van der Waals surface area contributed by atoms with Crippen molar-refractivity contribution in [1.29, 1.82) is 0 Å². The summed E-state index contributed by atoms with van der Waals surface area (Å²) in [4.78, 5) is 4.91. The third kappa shape index (κ3) is 5.51. The number of aliphatic hydroxyl groups excluding tert-OH is 1. The van der Waals surface area contributed by atoms with Crippen LogP contribution in [0.2, 0.25) is 0 Å². The molecule has 0 saturated carbocycles. The number of likely N-dealkylation sites (N-methyl/N-ethyl adjacent to an activating group) is 1. The molecule has 0 atom stereocenters. The lowest BCUT2D eigenvalue weighted by Gasteiger charge is -2.21. The number of nitrogens with zero attached hydrogens (tertiary/aromatic N) is 2. The third-order valence-electron chi connectivity index (χ3n) is 3.91. The molecule has 1 aliphatic heterocycles. The Morgan fingerprint density at radius 3 is 2.76 bits per heavy atom. The zero-order chi connectivity index (χ0) is 14.9. The number of hydrogen-bond acceptors (Lipinski definition) is 3. The van der Waals surface area contributed by atoms with Crippen LogP contribution in [-0.2, 0) is 6.54 Å². The van der Waals surface area contributed by atoms with Gasteiger partial charge in [-0.25, -0.2) is 0 Å². The van der Waals surface area contributed by atoms with Crippen molar-refractivity contribution in [3.8, 4) is 11.8 Å². The Morgan fingerprint density at radius 2 is 2.00 bits per heavy atom. The van der Waals surface area contributed by atoms with E-state index in [9.17, 15) is 0 Å². The molecule has 114 valence electrons. The van der Waals surface area contributed by atoms with Crippen molar-refractivity contribution in [3.05, 3.63) is 35.4 Å². The Hall–Kier alpha value is -1.34. The first-order chi connectivity index (χ1) is 10.3. The Labute approximate surface area is 128 Å². The number of hydrogen-bond donors (Lipinski definition) is 1. The van der Waals surface area contributed by atoms with Gasteiger partial charge in [0.05, 0.1) is 6.61 Å². The Bertz CT molecular complexity index is 483. The second-order valence-electron chi connectivity index (χ2n) is 5.72. The summed E-state index contributed by atoms with van der Waals surface area (Å²) in [7, 11) is 2.17. The summed E-state index contributed by atoms with van der Waals surface area (Å²) in [5, 5.41) is 8.82. The minimum atomic E-state index is 0.130. The van der Waals surface area contributed by atoms with Gasteiger partial charge in [0.2, 0.25) is 0 Å². The predicted octanol–water partition coefficient (Wildman–Crippen LogP) is 1.95. The molecule has 2 rings (SSSR count). The van der Waals surface area contributed by atoms with E-state index in [1.807, 2.05) is 6.07 Å². The van der Waals surface area contributed by atoms with Gasteiger partial charge in [-0.3, -0.25) is 0 Å². The van der Waals surface area contributed by atoms with Crippen LogP contribution in [0.15, 0.2) is 24.3 Å². The Kier molecular flexibility index (Phi) is 6.75. The highest BCUT2D eigenvalue weighted by Crippen LogP contribution is 2.11. The van der Waals surface area contributed by atoms with Crippen LogP contribution >= 0.6 is 0 Å². The van der Waals surface area contributed by atoms with Crippen molar-refractivity contribution >= 4 is 0 Å². The number of rotatable bonds is 6. The number of benzene rings is 1. The Balaban J connectivity index is 1.87. The van der Waals surface area contributed by atoms with Crippen LogP contribution in [0, 0.1) is 11.8 Å². The summed E-state index contributed by atoms with van der Waals surface area (Å²) in [5.74, 6) is 6.18. The van der Waals surface area contributed by atoms with E-state index in [1.54, 1.807) is 0 Å². The average Bonchev–Trinajstić information content (AvgIpc) is 3.00. The largest absolute Gasteiger partial charge is 0.395 e. The molecular formula is C18H26N2O. The van der Waals surface area contributed by atoms with Crippen LogP contribution in [0.25, 0.3) is 0 Å². The minimum absolute atomic E-state index is 0.130. The molecule has 0 aromatic heterocycles. The van der Waals surface area contributed by atoms with E-state index in [4.69, 9.17) is 5.11 Å². The molecule has 1 aliphatic rings. The van der Waals surface area contributed by atoms with Crippen LogP contribution in [0.3, 0.4) is 0 Å². The minimum Gasteiger partial charge on any atom is -0.395 e. The molecule has 1 saturated heterocycles. The molecule has 0 radical (unpaired) electrons. The molecule has 0 unspecified atom stereocenters. The third-order valence-corrected chi connectivity index (χ3v) is 3.91. The zero-order valence-corrected chi connectivity index (χ0v) is 13.0. The molecule has 1 N–H and O–H groups in total. The van der Waals surface area contributed by atoms with Crippen LogP contribution in [-0.4, -0.2) is 54.7 Å². The highest BCUT2D eigenvalue weighted by atomic mass is 16.2. The highest BCUT2D eigenvalue weighted by Gasteiger charge is 2.12. The van der Waals surface area contributed by atoms with Crippen LogP contribution < -0.4 is 0 Å².